The zero-order valence-corrected chi connectivity index (χ0v) is 8.59. The van der Waals surface area contributed by atoms with E-state index in [9.17, 15) is 0 Å². The first-order chi connectivity index (χ1) is 6.86. The van der Waals surface area contributed by atoms with Crippen molar-refractivity contribution in [2.75, 3.05) is 6.54 Å². The molecule has 0 spiro atoms. The molecule has 0 unspecified atom stereocenters. The number of fused-ring (bicyclic) bond motifs is 1. The van der Waals surface area contributed by atoms with Crippen LogP contribution in [-0.4, -0.2) is 22.6 Å². The second-order valence-electron chi connectivity index (χ2n) is 3.37. The van der Waals surface area contributed by atoms with Gasteiger partial charge in [-0.1, -0.05) is 6.07 Å². The summed E-state index contributed by atoms with van der Waals surface area (Å²) in [5, 5.41) is 3.33. The number of hydrogen-bond acceptors (Lipinski definition) is 3. The standard InChI is InChI=1S/C9H13B2NO2/c10-13-8-2-1-6-3-4-12-5-7(6)9(8)14-11/h1-2,12H,3-5,10-11H2. The molecule has 1 aliphatic heterocycles. The minimum absolute atomic E-state index is 0.815. The fourth-order valence-corrected chi connectivity index (χ4v) is 1.90. The third kappa shape index (κ3) is 1.48. The lowest BCUT2D eigenvalue weighted by atomic mass is 9.99. The van der Waals surface area contributed by atoms with Crippen molar-refractivity contribution in [3.05, 3.63) is 23.3 Å². The van der Waals surface area contributed by atoms with E-state index in [1.54, 1.807) is 16.1 Å². The largest absolute Gasteiger partial charge is 0.565 e. The highest BCUT2D eigenvalue weighted by molar-refractivity contribution is 6.02. The predicted molar refractivity (Wildman–Crippen MR) is 60.2 cm³/mol. The fourth-order valence-electron chi connectivity index (χ4n) is 1.90. The molecule has 0 radical (unpaired) electrons. The van der Waals surface area contributed by atoms with Crippen molar-refractivity contribution < 1.29 is 9.31 Å². The lowest BCUT2D eigenvalue weighted by molar-refractivity contribution is 0.520. The highest BCUT2D eigenvalue weighted by atomic mass is 16.5. The molecule has 0 aromatic heterocycles. The summed E-state index contributed by atoms with van der Waals surface area (Å²) in [5.74, 6) is 1.69. The summed E-state index contributed by atoms with van der Waals surface area (Å²) in [7, 11) is 3.35. The van der Waals surface area contributed by atoms with Gasteiger partial charge in [0.25, 0.3) is 0 Å². The summed E-state index contributed by atoms with van der Waals surface area (Å²) < 4.78 is 10.6. The first-order valence-electron chi connectivity index (χ1n) is 4.80. The molecule has 72 valence electrons. The van der Waals surface area contributed by atoms with Crippen LogP contribution in [-0.2, 0) is 13.0 Å². The average Bonchev–Trinajstić information content (AvgIpc) is 2.27. The van der Waals surface area contributed by atoms with Gasteiger partial charge in [0.15, 0.2) is 0 Å². The van der Waals surface area contributed by atoms with Crippen molar-refractivity contribution in [2.45, 2.75) is 13.0 Å². The fraction of sp³-hybridized carbons (Fsp3) is 0.333. The molecule has 1 aromatic carbocycles. The van der Waals surface area contributed by atoms with Gasteiger partial charge in [-0.25, -0.2) is 0 Å². The summed E-state index contributed by atoms with van der Waals surface area (Å²) >= 11 is 0. The van der Waals surface area contributed by atoms with E-state index in [2.05, 4.69) is 11.4 Å². The Labute approximate surface area is 85.7 Å². The summed E-state index contributed by atoms with van der Waals surface area (Å²) in [6.45, 7) is 1.91. The molecule has 0 aliphatic carbocycles. The van der Waals surface area contributed by atoms with Crippen LogP contribution in [0, 0.1) is 0 Å². The minimum Gasteiger partial charge on any atom is -0.565 e. The van der Waals surface area contributed by atoms with Gasteiger partial charge in [0.05, 0.1) is 0 Å². The maximum Gasteiger partial charge on any atom is 0.322 e. The van der Waals surface area contributed by atoms with Crippen molar-refractivity contribution in [1.82, 2.24) is 5.32 Å². The van der Waals surface area contributed by atoms with Crippen LogP contribution in [0.4, 0.5) is 0 Å². The van der Waals surface area contributed by atoms with Gasteiger partial charge in [-0.2, -0.15) is 0 Å². The maximum atomic E-state index is 5.37. The first-order valence-corrected chi connectivity index (χ1v) is 4.80. The Morgan fingerprint density at radius 2 is 2.07 bits per heavy atom. The highest BCUT2D eigenvalue weighted by Crippen LogP contribution is 2.34. The molecule has 0 fully saturated rings. The van der Waals surface area contributed by atoms with Crippen LogP contribution in [0.15, 0.2) is 12.1 Å². The first kappa shape index (κ1) is 9.46. The summed E-state index contributed by atoms with van der Waals surface area (Å²) in [4.78, 5) is 0. The van der Waals surface area contributed by atoms with Crippen molar-refractivity contribution >= 4 is 16.1 Å². The van der Waals surface area contributed by atoms with Gasteiger partial charge in [-0.15, -0.1) is 0 Å². The molecule has 0 amide bonds. The van der Waals surface area contributed by atoms with Crippen LogP contribution in [0.25, 0.3) is 0 Å². The molecule has 0 bridgehead atoms. The van der Waals surface area contributed by atoms with Crippen LogP contribution < -0.4 is 14.6 Å². The quantitative estimate of drug-likeness (QED) is 0.616. The van der Waals surface area contributed by atoms with Gasteiger partial charge in [0.1, 0.15) is 11.5 Å². The number of benzene rings is 1. The summed E-state index contributed by atoms with van der Waals surface area (Å²) in [6.07, 6.45) is 1.07. The van der Waals surface area contributed by atoms with Crippen molar-refractivity contribution in [2.24, 2.45) is 0 Å². The van der Waals surface area contributed by atoms with Gasteiger partial charge in [0.2, 0.25) is 0 Å². The molecule has 3 nitrogen and oxygen atoms in total. The summed E-state index contributed by atoms with van der Waals surface area (Å²) in [6, 6.07) is 4.10. The van der Waals surface area contributed by atoms with E-state index >= 15 is 0 Å². The van der Waals surface area contributed by atoms with Gasteiger partial charge in [-0.3, -0.25) is 0 Å². The van der Waals surface area contributed by atoms with Crippen molar-refractivity contribution in [1.29, 1.82) is 0 Å². The van der Waals surface area contributed by atoms with Gasteiger partial charge in [-0.05, 0) is 24.6 Å². The Balaban J connectivity index is 2.50. The van der Waals surface area contributed by atoms with Crippen molar-refractivity contribution in [3.8, 4) is 11.5 Å². The molecule has 0 saturated carbocycles. The summed E-state index contributed by atoms with van der Waals surface area (Å²) in [5.41, 5.74) is 2.60. The van der Waals surface area contributed by atoms with Gasteiger partial charge in [0, 0.05) is 12.1 Å². The Morgan fingerprint density at radius 1 is 1.21 bits per heavy atom. The minimum atomic E-state index is 0.815. The van der Waals surface area contributed by atoms with Crippen LogP contribution >= 0.6 is 0 Å². The Hall–Kier alpha value is -1.09. The molecular formula is C9H13B2NO2. The van der Waals surface area contributed by atoms with E-state index in [4.69, 9.17) is 9.31 Å². The molecule has 1 aromatic rings. The monoisotopic (exact) mass is 189 g/mol. The Bertz CT molecular complexity index is 329. The Morgan fingerprint density at radius 3 is 2.79 bits per heavy atom. The molecule has 5 heteroatoms. The topological polar surface area (TPSA) is 30.5 Å². The third-order valence-electron chi connectivity index (χ3n) is 2.62. The zero-order valence-electron chi connectivity index (χ0n) is 8.59. The molecule has 0 saturated heterocycles. The zero-order chi connectivity index (χ0) is 9.97. The maximum absolute atomic E-state index is 5.37. The van der Waals surface area contributed by atoms with E-state index in [1.165, 1.54) is 11.1 Å². The molecule has 1 N–H and O–H groups in total. The van der Waals surface area contributed by atoms with Crippen LogP contribution in [0.3, 0.4) is 0 Å². The molecule has 2 rings (SSSR count). The van der Waals surface area contributed by atoms with Crippen LogP contribution in [0.1, 0.15) is 11.1 Å². The molecule has 1 heterocycles. The number of rotatable bonds is 2. The van der Waals surface area contributed by atoms with E-state index in [0.717, 1.165) is 31.0 Å². The van der Waals surface area contributed by atoms with Crippen molar-refractivity contribution in [3.63, 3.8) is 0 Å². The third-order valence-corrected chi connectivity index (χ3v) is 2.62. The van der Waals surface area contributed by atoms with E-state index < -0.39 is 0 Å². The van der Waals surface area contributed by atoms with E-state index in [-0.39, 0.29) is 0 Å². The number of nitrogens with one attached hydrogen (secondary N) is 1. The molecule has 0 atom stereocenters. The molecular weight excluding hydrogens is 176 g/mol. The molecule has 14 heavy (non-hydrogen) atoms. The van der Waals surface area contributed by atoms with Gasteiger partial charge >= 0.3 is 16.1 Å². The molecule has 1 aliphatic rings. The smallest absolute Gasteiger partial charge is 0.322 e. The highest BCUT2D eigenvalue weighted by Gasteiger charge is 2.16. The second kappa shape index (κ2) is 3.96. The number of hydrogen-bond donors (Lipinski definition) is 1. The van der Waals surface area contributed by atoms with Crippen LogP contribution in [0.5, 0.6) is 11.5 Å². The van der Waals surface area contributed by atoms with E-state index in [1.807, 2.05) is 6.07 Å². The lowest BCUT2D eigenvalue weighted by Crippen LogP contribution is -2.24. The Kier molecular flexibility index (Phi) is 2.68. The lowest BCUT2D eigenvalue weighted by Gasteiger charge is -2.21. The average molecular weight is 189 g/mol. The van der Waals surface area contributed by atoms with Gasteiger partial charge < -0.3 is 14.6 Å². The second-order valence-corrected chi connectivity index (χ2v) is 3.37. The van der Waals surface area contributed by atoms with E-state index in [0.29, 0.717) is 0 Å². The predicted octanol–water partition coefficient (Wildman–Crippen LogP) is -0.814. The normalized spacial score (nSPS) is 14.6. The van der Waals surface area contributed by atoms with Crippen LogP contribution in [0.2, 0.25) is 0 Å². The SMILES string of the molecule is BOc1ccc2c(c1OB)CNCC2.